The van der Waals surface area contributed by atoms with Crippen molar-refractivity contribution in [2.45, 2.75) is 45.1 Å². The lowest BCUT2D eigenvalue weighted by Gasteiger charge is -2.15. The van der Waals surface area contributed by atoms with Crippen molar-refractivity contribution in [3.05, 3.63) is 64.7 Å². The molecule has 9 nitrogen and oxygen atoms in total. The smallest absolute Gasteiger partial charge is 0.308 e. The third-order valence-electron chi connectivity index (χ3n) is 6.17. The SMILES string of the molecule is Cc1ccc2c(c1)C(=O)N(CCC(=O)OCC(=O)Nc1ccccc1C(=O)NC1CCCC1)C2=O. The van der Waals surface area contributed by atoms with E-state index in [4.69, 9.17) is 4.74 Å². The average molecular weight is 478 g/mol. The molecule has 35 heavy (non-hydrogen) atoms. The minimum Gasteiger partial charge on any atom is -0.456 e. The first-order valence-electron chi connectivity index (χ1n) is 11.7. The molecule has 0 unspecified atom stereocenters. The largest absolute Gasteiger partial charge is 0.456 e. The van der Waals surface area contributed by atoms with Gasteiger partial charge in [0.05, 0.1) is 28.8 Å². The van der Waals surface area contributed by atoms with Gasteiger partial charge >= 0.3 is 5.97 Å². The molecule has 0 saturated heterocycles. The number of rotatable bonds is 8. The molecule has 0 spiro atoms. The van der Waals surface area contributed by atoms with Crippen LogP contribution < -0.4 is 10.6 Å². The normalized spacial score (nSPS) is 15.2. The number of carbonyl (C=O) groups is 5. The van der Waals surface area contributed by atoms with Crippen LogP contribution in [0.3, 0.4) is 0 Å². The van der Waals surface area contributed by atoms with E-state index in [2.05, 4.69) is 10.6 Å². The molecule has 1 aliphatic carbocycles. The molecule has 182 valence electrons. The molecule has 4 rings (SSSR count). The molecule has 0 bridgehead atoms. The molecule has 0 radical (unpaired) electrons. The first kappa shape index (κ1) is 24.1. The van der Waals surface area contributed by atoms with Crippen molar-refractivity contribution >= 4 is 35.3 Å². The van der Waals surface area contributed by atoms with Crippen LogP contribution in [0.15, 0.2) is 42.5 Å². The number of nitrogens with zero attached hydrogens (tertiary/aromatic N) is 1. The molecule has 4 amide bonds. The van der Waals surface area contributed by atoms with Crippen molar-refractivity contribution in [2.24, 2.45) is 0 Å². The van der Waals surface area contributed by atoms with Crippen molar-refractivity contribution in [3.8, 4) is 0 Å². The number of aryl methyl sites for hydroxylation is 1. The fourth-order valence-corrected chi connectivity index (χ4v) is 4.34. The number of imide groups is 1. The number of fused-ring (bicyclic) bond motifs is 1. The Balaban J connectivity index is 1.26. The zero-order valence-electron chi connectivity index (χ0n) is 19.5. The number of benzene rings is 2. The average Bonchev–Trinajstić information content (AvgIpc) is 3.43. The third-order valence-corrected chi connectivity index (χ3v) is 6.17. The van der Waals surface area contributed by atoms with E-state index in [-0.39, 0.29) is 24.9 Å². The Bertz CT molecular complexity index is 1190. The summed E-state index contributed by atoms with van der Waals surface area (Å²) < 4.78 is 5.01. The van der Waals surface area contributed by atoms with E-state index in [1.165, 1.54) is 0 Å². The summed E-state index contributed by atoms with van der Waals surface area (Å²) in [4.78, 5) is 63.1. The first-order chi connectivity index (χ1) is 16.8. The van der Waals surface area contributed by atoms with E-state index < -0.39 is 30.3 Å². The molecule has 1 heterocycles. The van der Waals surface area contributed by atoms with Crippen LogP contribution in [0.4, 0.5) is 5.69 Å². The van der Waals surface area contributed by atoms with Crippen LogP contribution in [0.5, 0.6) is 0 Å². The Morgan fingerprint density at radius 3 is 2.49 bits per heavy atom. The lowest BCUT2D eigenvalue weighted by atomic mass is 10.1. The predicted octanol–water partition coefficient (Wildman–Crippen LogP) is 2.84. The summed E-state index contributed by atoms with van der Waals surface area (Å²) in [6.07, 6.45) is 3.81. The third kappa shape index (κ3) is 5.56. The molecule has 2 N–H and O–H groups in total. The second kappa shape index (κ2) is 10.5. The van der Waals surface area contributed by atoms with Crippen LogP contribution >= 0.6 is 0 Å². The maximum atomic E-state index is 12.6. The van der Waals surface area contributed by atoms with E-state index in [0.717, 1.165) is 36.1 Å². The number of ether oxygens (including phenoxy) is 1. The Morgan fingerprint density at radius 1 is 1.00 bits per heavy atom. The molecule has 1 aliphatic heterocycles. The van der Waals surface area contributed by atoms with E-state index in [9.17, 15) is 24.0 Å². The van der Waals surface area contributed by atoms with Gasteiger partial charge in [-0.05, 0) is 44.0 Å². The van der Waals surface area contributed by atoms with Gasteiger partial charge in [-0.15, -0.1) is 0 Å². The van der Waals surface area contributed by atoms with Gasteiger partial charge in [-0.2, -0.15) is 0 Å². The molecule has 1 saturated carbocycles. The van der Waals surface area contributed by atoms with Gasteiger partial charge < -0.3 is 15.4 Å². The minimum absolute atomic E-state index is 0.137. The van der Waals surface area contributed by atoms with E-state index in [1.807, 2.05) is 6.92 Å². The topological polar surface area (TPSA) is 122 Å². The summed E-state index contributed by atoms with van der Waals surface area (Å²) >= 11 is 0. The molecular weight excluding hydrogens is 450 g/mol. The summed E-state index contributed by atoms with van der Waals surface area (Å²) in [5.74, 6) is -2.49. The lowest BCUT2D eigenvalue weighted by molar-refractivity contribution is -0.147. The second-order valence-electron chi connectivity index (χ2n) is 8.77. The van der Waals surface area contributed by atoms with Crippen LogP contribution in [-0.2, 0) is 14.3 Å². The number of esters is 1. The quantitative estimate of drug-likeness (QED) is 0.445. The Labute approximate surface area is 202 Å². The number of para-hydroxylation sites is 1. The van der Waals surface area contributed by atoms with Crippen LogP contribution in [0, 0.1) is 6.92 Å². The Kier molecular flexibility index (Phi) is 7.24. The fraction of sp³-hybridized carbons (Fsp3) is 0.346. The fourth-order valence-electron chi connectivity index (χ4n) is 4.34. The summed E-state index contributed by atoms with van der Waals surface area (Å²) in [6, 6.07) is 11.7. The van der Waals surface area contributed by atoms with Crippen LogP contribution in [0.25, 0.3) is 0 Å². The van der Waals surface area contributed by atoms with E-state index in [0.29, 0.717) is 22.4 Å². The van der Waals surface area contributed by atoms with Crippen molar-refractivity contribution < 1.29 is 28.7 Å². The van der Waals surface area contributed by atoms with Gasteiger partial charge in [0, 0.05) is 12.6 Å². The molecule has 0 aromatic heterocycles. The van der Waals surface area contributed by atoms with Crippen molar-refractivity contribution in [1.82, 2.24) is 10.2 Å². The van der Waals surface area contributed by atoms with Gasteiger partial charge in [0.25, 0.3) is 23.6 Å². The number of hydrogen-bond donors (Lipinski definition) is 2. The zero-order valence-corrected chi connectivity index (χ0v) is 19.5. The molecule has 2 aromatic carbocycles. The highest BCUT2D eigenvalue weighted by atomic mass is 16.5. The highest BCUT2D eigenvalue weighted by molar-refractivity contribution is 6.21. The number of anilines is 1. The lowest BCUT2D eigenvalue weighted by Crippen LogP contribution is -2.33. The van der Waals surface area contributed by atoms with Gasteiger partial charge in [0.1, 0.15) is 0 Å². The number of hydrogen-bond acceptors (Lipinski definition) is 6. The van der Waals surface area contributed by atoms with Crippen LogP contribution in [0.2, 0.25) is 0 Å². The van der Waals surface area contributed by atoms with Crippen LogP contribution in [0.1, 0.15) is 68.7 Å². The molecule has 2 aromatic rings. The van der Waals surface area contributed by atoms with Crippen molar-refractivity contribution in [1.29, 1.82) is 0 Å². The van der Waals surface area contributed by atoms with Crippen LogP contribution in [-0.4, -0.2) is 53.7 Å². The van der Waals surface area contributed by atoms with E-state index >= 15 is 0 Å². The van der Waals surface area contributed by atoms with E-state index in [1.54, 1.807) is 42.5 Å². The Morgan fingerprint density at radius 2 is 1.71 bits per heavy atom. The highest BCUT2D eigenvalue weighted by Gasteiger charge is 2.35. The van der Waals surface area contributed by atoms with Gasteiger partial charge in [-0.1, -0.05) is 36.6 Å². The number of nitrogens with one attached hydrogen (secondary N) is 2. The molecule has 2 aliphatic rings. The summed E-state index contributed by atoms with van der Waals surface area (Å²) in [6.45, 7) is 1.12. The minimum atomic E-state index is -0.722. The van der Waals surface area contributed by atoms with Gasteiger partial charge in [-0.25, -0.2) is 0 Å². The molecule has 0 atom stereocenters. The summed E-state index contributed by atoms with van der Waals surface area (Å²) in [5, 5.41) is 5.59. The molecule has 9 heteroatoms. The second-order valence-corrected chi connectivity index (χ2v) is 8.77. The summed E-state index contributed by atoms with van der Waals surface area (Å²) in [7, 11) is 0. The molecular formula is C26H27N3O6. The number of amides is 4. The summed E-state index contributed by atoms with van der Waals surface area (Å²) in [5.41, 5.74) is 2.14. The maximum Gasteiger partial charge on any atom is 0.308 e. The monoisotopic (exact) mass is 477 g/mol. The standard InChI is InChI=1S/C26H27N3O6/c1-16-10-11-18-20(14-16)26(34)29(25(18)33)13-12-23(31)35-15-22(30)28-21-9-5-4-8-19(21)24(32)27-17-6-2-3-7-17/h4-5,8-11,14,17H,2-3,6-7,12-13,15H2,1H3,(H,27,32)(H,28,30). The maximum absolute atomic E-state index is 12.6. The van der Waals surface area contributed by atoms with Gasteiger partial charge in [0.2, 0.25) is 0 Å². The zero-order chi connectivity index (χ0) is 24.9. The predicted molar refractivity (Wildman–Crippen MR) is 127 cm³/mol. The Hall–Kier alpha value is -4.01. The highest BCUT2D eigenvalue weighted by Crippen LogP contribution is 2.24. The van der Waals surface area contributed by atoms with Gasteiger partial charge in [-0.3, -0.25) is 28.9 Å². The molecule has 1 fully saturated rings. The first-order valence-corrected chi connectivity index (χ1v) is 11.7. The van der Waals surface area contributed by atoms with Gasteiger partial charge in [0.15, 0.2) is 6.61 Å². The number of carbonyl (C=O) groups excluding carboxylic acids is 5. The van der Waals surface area contributed by atoms with Crippen molar-refractivity contribution in [2.75, 3.05) is 18.5 Å². The van der Waals surface area contributed by atoms with Crippen molar-refractivity contribution in [3.63, 3.8) is 0 Å².